The van der Waals surface area contributed by atoms with Gasteiger partial charge < -0.3 is 5.32 Å². The molecule has 0 bridgehead atoms. The SMILES string of the molecule is CCCCc1ccc(NC(=O)c2ccc([N+](=O)[O-])c(C)c2)c(Br)c1. The lowest BCUT2D eigenvalue weighted by molar-refractivity contribution is -0.385. The molecule has 0 saturated heterocycles. The summed E-state index contributed by atoms with van der Waals surface area (Å²) in [5, 5.41) is 13.7. The van der Waals surface area contributed by atoms with E-state index in [1.54, 1.807) is 6.92 Å². The Kier molecular flexibility index (Phi) is 6.09. The van der Waals surface area contributed by atoms with E-state index in [0.717, 1.165) is 23.7 Å². The predicted molar refractivity (Wildman–Crippen MR) is 98.5 cm³/mol. The number of nitro benzene ring substituents is 1. The molecular formula is C18H19BrN2O3. The monoisotopic (exact) mass is 390 g/mol. The molecule has 0 spiro atoms. The first-order valence-electron chi connectivity index (χ1n) is 7.77. The van der Waals surface area contributed by atoms with Crippen LogP contribution in [-0.4, -0.2) is 10.8 Å². The highest BCUT2D eigenvalue weighted by Crippen LogP contribution is 2.26. The Hall–Kier alpha value is -2.21. The average Bonchev–Trinajstić information content (AvgIpc) is 2.54. The molecule has 0 aliphatic heterocycles. The lowest BCUT2D eigenvalue weighted by atomic mass is 10.1. The molecule has 6 heteroatoms. The van der Waals surface area contributed by atoms with E-state index < -0.39 is 4.92 Å². The number of benzene rings is 2. The first-order valence-corrected chi connectivity index (χ1v) is 8.56. The van der Waals surface area contributed by atoms with Crippen LogP contribution in [0.15, 0.2) is 40.9 Å². The molecule has 0 aliphatic carbocycles. The van der Waals surface area contributed by atoms with E-state index in [1.807, 2.05) is 18.2 Å². The van der Waals surface area contributed by atoms with Crippen molar-refractivity contribution in [2.24, 2.45) is 0 Å². The number of carbonyl (C=O) groups excluding carboxylic acids is 1. The molecule has 0 aliphatic rings. The molecule has 2 aromatic rings. The number of carbonyl (C=O) groups is 1. The minimum absolute atomic E-state index is 0.00741. The lowest BCUT2D eigenvalue weighted by Crippen LogP contribution is -2.12. The van der Waals surface area contributed by atoms with Crippen LogP contribution < -0.4 is 5.32 Å². The normalized spacial score (nSPS) is 10.5. The van der Waals surface area contributed by atoms with E-state index in [4.69, 9.17) is 0 Å². The second-order valence-electron chi connectivity index (χ2n) is 5.63. The number of halogens is 1. The van der Waals surface area contributed by atoms with E-state index >= 15 is 0 Å². The fourth-order valence-corrected chi connectivity index (χ4v) is 2.92. The Morgan fingerprint density at radius 3 is 2.58 bits per heavy atom. The summed E-state index contributed by atoms with van der Waals surface area (Å²) in [4.78, 5) is 22.7. The van der Waals surface area contributed by atoms with Crippen LogP contribution in [0.3, 0.4) is 0 Å². The highest BCUT2D eigenvalue weighted by molar-refractivity contribution is 9.10. The van der Waals surface area contributed by atoms with Crippen molar-refractivity contribution in [3.8, 4) is 0 Å². The van der Waals surface area contributed by atoms with Gasteiger partial charge >= 0.3 is 0 Å². The average molecular weight is 391 g/mol. The standard InChI is InChI=1S/C18H19BrN2O3/c1-3-4-5-13-6-8-16(15(19)11-13)20-18(22)14-7-9-17(21(23)24)12(2)10-14/h6-11H,3-5H2,1-2H3,(H,20,22). The molecule has 1 amide bonds. The third-order valence-electron chi connectivity index (χ3n) is 3.76. The van der Waals surface area contributed by atoms with Crippen LogP contribution in [0.2, 0.25) is 0 Å². The van der Waals surface area contributed by atoms with Gasteiger partial charge in [0.2, 0.25) is 0 Å². The van der Waals surface area contributed by atoms with Crippen molar-refractivity contribution in [1.82, 2.24) is 0 Å². The maximum atomic E-state index is 12.4. The van der Waals surface area contributed by atoms with Gasteiger partial charge in [-0.1, -0.05) is 19.4 Å². The van der Waals surface area contributed by atoms with Crippen molar-refractivity contribution < 1.29 is 9.72 Å². The number of aryl methyl sites for hydroxylation is 2. The molecular weight excluding hydrogens is 372 g/mol. The highest BCUT2D eigenvalue weighted by Gasteiger charge is 2.14. The summed E-state index contributed by atoms with van der Waals surface area (Å²) in [6.07, 6.45) is 3.26. The van der Waals surface area contributed by atoms with Gasteiger partial charge in [0.05, 0.1) is 10.6 Å². The zero-order chi connectivity index (χ0) is 17.7. The van der Waals surface area contributed by atoms with Crippen LogP contribution in [0, 0.1) is 17.0 Å². The van der Waals surface area contributed by atoms with Crippen LogP contribution in [0.25, 0.3) is 0 Å². The van der Waals surface area contributed by atoms with Crippen LogP contribution in [0.4, 0.5) is 11.4 Å². The van der Waals surface area contributed by atoms with Gasteiger partial charge in [0, 0.05) is 21.7 Å². The van der Waals surface area contributed by atoms with Crippen molar-refractivity contribution in [2.45, 2.75) is 33.1 Å². The lowest BCUT2D eigenvalue weighted by Gasteiger charge is -2.10. The van der Waals surface area contributed by atoms with Gasteiger partial charge in [-0.25, -0.2) is 0 Å². The summed E-state index contributed by atoms with van der Waals surface area (Å²) >= 11 is 3.48. The molecule has 1 N–H and O–H groups in total. The number of anilines is 1. The van der Waals surface area contributed by atoms with Crippen molar-refractivity contribution >= 4 is 33.2 Å². The zero-order valence-electron chi connectivity index (χ0n) is 13.6. The summed E-state index contributed by atoms with van der Waals surface area (Å²) < 4.78 is 0.822. The Balaban J connectivity index is 2.15. The molecule has 5 nitrogen and oxygen atoms in total. The topological polar surface area (TPSA) is 72.2 Å². The number of hydrogen-bond donors (Lipinski definition) is 1. The summed E-state index contributed by atoms with van der Waals surface area (Å²) in [6, 6.07) is 10.2. The highest BCUT2D eigenvalue weighted by atomic mass is 79.9. The Morgan fingerprint density at radius 1 is 1.25 bits per heavy atom. The molecule has 0 heterocycles. The summed E-state index contributed by atoms with van der Waals surface area (Å²) in [5.41, 5.74) is 2.75. The second kappa shape index (κ2) is 8.06. The van der Waals surface area contributed by atoms with Crippen molar-refractivity contribution in [3.63, 3.8) is 0 Å². The van der Waals surface area contributed by atoms with Crippen molar-refractivity contribution in [2.75, 3.05) is 5.32 Å². The molecule has 24 heavy (non-hydrogen) atoms. The molecule has 0 aromatic heterocycles. The quantitative estimate of drug-likeness (QED) is 0.539. The number of hydrogen-bond acceptors (Lipinski definition) is 3. The Labute approximate surface area is 149 Å². The molecule has 126 valence electrons. The van der Waals surface area contributed by atoms with Gasteiger partial charge in [-0.05, 0) is 65.5 Å². The van der Waals surface area contributed by atoms with Crippen molar-refractivity contribution in [3.05, 3.63) is 67.7 Å². The number of nitro groups is 1. The van der Waals surface area contributed by atoms with Gasteiger partial charge in [0.25, 0.3) is 11.6 Å². The minimum Gasteiger partial charge on any atom is -0.321 e. The zero-order valence-corrected chi connectivity index (χ0v) is 15.2. The Morgan fingerprint density at radius 2 is 2.00 bits per heavy atom. The Bertz CT molecular complexity index is 775. The number of rotatable bonds is 6. The van der Waals surface area contributed by atoms with Crippen LogP contribution in [0.1, 0.15) is 41.3 Å². The molecule has 2 rings (SSSR count). The first-order chi connectivity index (χ1) is 11.4. The van der Waals surface area contributed by atoms with Crippen LogP contribution in [-0.2, 0) is 6.42 Å². The maximum Gasteiger partial charge on any atom is 0.272 e. The largest absolute Gasteiger partial charge is 0.321 e. The molecule has 0 radical (unpaired) electrons. The van der Waals surface area contributed by atoms with Crippen LogP contribution in [0.5, 0.6) is 0 Å². The summed E-state index contributed by atoms with van der Waals surface area (Å²) in [7, 11) is 0. The smallest absolute Gasteiger partial charge is 0.272 e. The fraction of sp³-hybridized carbons (Fsp3) is 0.278. The van der Waals surface area contributed by atoms with Gasteiger partial charge in [-0.2, -0.15) is 0 Å². The number of amides is 1. The van der Waals surface area contributed by atoms with Gasteiger partial charge in [-0.3, -0.25) is 14.9 Å². The molecule has 0 saturated carbocycles. The summed E-state index contributed by atoms with van der Waals surface area (Å²) in [6.45, 7) is 3.77. The van der Waals surface area contributed by atoms with Gasteiger partial charge in [0.15, 0.2) is 0 Å². The third kappa shape index (κ3) is 4.41. The van der Waals surface area contributed by atoms with Crippen LogP contribution >= 0.6 is 15.9 Å². The van der Waals surface area contributed by atoms with E-state index in [9.17, 15) is 14.9 Å². The second-order valence-corrected chi connectivity index (χ2v) is 6.48. The number of nitrogens with one attached hydrogen (secondary N) is 1. The number of unbranched alkanes of at least 4 members (excludes halogenated alkanes) is 1. The fourth-order valence-electron chi connectivity index (χ4n) is 2.39. The van der Waals surface area contributed by atoms with Crippen molar-refractivity contribution in [1.29, 1.82) is 0 Å². The van der Waals surface area contributed by atoms with Gasteiger partial charge in [-0.15, -0.1) is 0 Å². The molecule has 0 fully saturated rings. The van der Waals surface area contributed by atoms with E-state index in [1.165, 1.54) is 23.8 Å². The predicted octanol–water partition coefficient (Wildman–Crippen LogP) is 5.26. The molecule has 0 unspecified atom stereocenters. The molecule has 2 aromatic carbocycles. The van der Waals surface area contributed by atoms with E-state index in [0.29, 0.717) is 16.8 Å². The van der Waals surface area contributed by atoms with E-state index in [-0.39, 0.29) is 11.6 Å². The first kappa shape index (κ1) is 18.1. The minimum atomic E-state index is -0.456. The van der Waals surface area contributed by atoms with Gasteiger partial charge in [0.1, 0.15) is 0 Å². The number of nitrogens with zero attached hydrogens (tertiary/aromatic N) is 1. The summed E-state index contributed by atoms with van der Waals surface area (Å²) in [5.74, 6) is -0.296. The van der Waals surface area contributed by atoms with E-state index in [2.05, 4.69) is 28.2 Å². The third-order valence-corrected chi connectivity index (χ3v) is 4.41. The maximum absolute atomic E-state index is 12.4. The molecule has 0 atom stereocenters.